The van der Waals surface area contributed by atoms with Gasteiger partial charge in [-0.05, 0) is 37.3 Å². The number of imidazole rings is 1. The Balaban J connectivity index is 1.80. The van der Waals surface area contributed by atoms with Gasteiger partial charge in [0, 0.05) is 24.0 Å². The number of aliphatic hydroxyl groups is 1. The lowest BCUT2D eigenvalue weighted by Gasteiger charge is -2.35. The van der Waals surface area contributed by atoms with E-state index in [0.717, 1.165) is 12.1 Å². The Hall–Kier alpha value is -3.66. The van der Waals surface area contributed by atoms with E-state index in [0.29, 0.717) is 11.8 Å². The molecule has 2 heterocycles. The van der Waals surface area contributed by atoms with Crippen molar-refractivity contribution in [2.75, 3.05) is 0 Å². The quantitative estimate of drug-likeness (QED) is 0.511. The molecule has 10 heteroatoms. The molecule has 0 spiro atoms. The summed E-state index contributed by atoms with van der Waals surface area (Å²) in [6.45, 7) is 1.29. The van der Waals surface area contributed by atoms with Gasteiger partial charge < -0.3 is 5.11 Å². The first-order valence-electron chi connectivity index (χ1n) is 9.35. The zero-order chi connectivity index (χ0) is 22.2. The second kappa shape index (κ2) is 7.88. The maximum Gasteiger partial charge on any atom is 0.333 e. The molecule has 2 atom stereocenters. The molecule has 2 aromatic carbocycles. The summed E-state index contributed by atoms with van der Waals surface area (Å²) < 4.78 is 45.2. The lowest BCUT2D eigenvalue weighted by atomic mass is 9.86. The lowest BCUT2D eigenvalue weighted by Crippen LogP contribution is -2.43. The molecule has 0 radical (unpaired) electrons. The van der Waals surface area contributed by atoms with E-state index in [1.165, 1.54) is 70.1 Å². The molecule has 160 valence electrons. The molecule has 0 bridgehead atoms. The average Bonchev–Trinajstić information content (AvgIpc) is 3.37. The largest absolute Gasteiger partial charge is 0.381 e. The van der Waals surface area contributed by atoms with Crippen LogP contribution in [0.1, 0.15) is 18.5 Å². The fraction of sp³-hybridized carbons (Fsp3) is 0.190. The van der Waals surface area contributed by atoms with Gasteiger partial charge in [0.1, 0.15) is 35.7 Å². The molecule has 0 fully saturated rings. The maximum absolute atomic E-state index is 14.7. The minimum atomic E-state index is -1.98. The van der Waals surface area contributed by atoms with Crippen molar-refractivity contribution >= 4 is 0 Å². The van der Waals surface area contributed by atoms with Gasteiger partial charge in [-0.3, -0.25) is 9.13 Å². The molecule has 1 unspecified atom stereocenters. The number of benzene rings is 2. The second-order valence-corrected chi connectivity index (χ2v) is 7.15. The van der Waals surface area contributed by atoms with Crippen molar-refractivity contribution in [1.29, 1.82) is 0 Å². The summed E-state index contributed by atoms with van der Waals surface area (Å²) in [6.07, 6.45) is 5.49. The number of hydrogen-bond acceptors (Lipinski definition) is 4. The van der Waals surface area contributed by atoms with Crippen molar-refractivity contribution in [3.8, 4) is 5.69 Å². The van der Waals surface area contributed by atoms with E-state index in [1.807, 2.05) is 0 Å². The predicted molar refractivity (Wildman–Crippen MR) is 105 cm³/mol. The van der Waals surface area contributed by atoms with E-state index in [1.54, 1.807) is 0 Å². The third kappa shape index (κ3) is 3.77. The summed E-state index contributed by atoms with van der Waals surface area (Å²) in [7, 11) is 0. The monoisotopic (exact) mass is 429 g/mol. The van der Waals surface area contributed by atoms with Crippen LogP contribution in [0.5, 0.6) is 0 Å². The minimum absolute atomic E-state index is 0.196. The molecule has 31 heavy (non-hydrogen) atoms. The van der Waals surface area contributed by atoms with Gasteiger partial charge in [-0.15, -0.1) is 0 Å². The van der Waals surface area contributed by atoms with Crippen LogP contribution < -0.4 is 5.69 Å². The van der Waals surface area contributed by atoms with Crippen LogP contribution in [0.15, 0.2) is 72.3 Å². The van der Waals surface area contributed by atoms with Crippen molar-refractivity contribution in [3.63, 3.8) is 0 Å². The lowest BCUT2D eigenvalue weighted by molar-refractivity contribution is -0.0342. The van der Waals surface area contributed by atoms with Gasteiger partial charge in [-0.1, -0.05) is 6.07 Å². The summed E-state index contributed by atoms with van der Waals surface area (Å²) in [5, 5.41) is 15.6. The van der Waals surface area contributed by atoms with Crippen LogP contribution in [0.25, 0.3) is 5.69 Å². The fourth-order valence-electron chi connectivity index (χ4n) is 3.56. The normalized spacial score (nSPS) is 14.4. The Labute approximate surface area is 174 Å². The van der Waals surface area contributed by atoms with Crippen molar-refractivity contribution in [1.82, 2.24) is 23.9 Å². The van der Waals surface area contributed by atoms with Crippen LogP contribution >= 0.6 is 0 Å². The fourth-order valence-corrected chi connectivity index (χ4v) is 3.56. The second-order valence-electron chi connectivity index (χ2n) is 7.15. The standard InChI is InChI=1S/C21H18F3N5O2/c1-14(28-8-9-29(20(28)30)17-5-2-15(22)3-6-17)21(31,11-27-13-25-12-26-27)18-7-4-16(23)10-19(18)24/h2-10,12-14,31H,11H2,1H3/t14-,21?/m1/s1. The molecular weight excluding hydrogens is 411 g/mol. The van der Waals surface area contributed by atoms with Crippen molar-refractivity contribution in [3.05, 3.63) is 101 Å². The summed E-state index contributed by atoms with van der Waals surface area (Å²) in [5.41, 5.74) is -2.29. The zero-order valence-corrected chi connectivity index (χ0v) is 16.4. The number of rotatable bonds is 6. The van der Waals surface area contributed by atoms with E-state index in [9.17, 15) is 23.1 Å². The topological polar surface area (TPSA) is 77.9 Å². The highest BCUT2D eigenvalue weighted by Crippen LogP contribution is 2.36. The first kappa shape index (κ1) is 20.6. The van der Waals surface area contributed by atoms with Crippen LogP contribution in [0, 0.1) is 17.5 Å². The molecule has 0 aliphatic carbocycles. The van der Waals surface area contributed by atoms with Gasteiger partial charge in [0.2, 0.25) is 0 Å². The van der Waals surface area contributed by atoms with Crippen LogP contribution in [-0.4, -0.2) is 29.0 Å². The molecule has 0 aliphatic heterocycles. The van der Waals surface area contributed by atoms with Crippen LogP contribution in [-0.2, 0) is 12.1 Å². The molecule has 2 aromatic heterocycles. The smallest absolute Gasteiger partial charge is 0.333 e. The first-order valence-corrected chi connectivity index (χ1v) is 9.35. The Morgan fingerprint density at radius 2 is 1.77 bits per heavy atom. The molecule has 7 nitrogen and oxygen atoms in total. The number of halogens is 3. The highest BCUT2D eigenvalue weighted by Gasteiger charge is 2.41. The molecule has 0 aliphatic rings. The van der Waals surface area contributed by atoms with E-state index in [-0.39, 0.29) is 12.1 Å². The third-order valence-corrected chi connectivity index (χ3v) is 5.28. The summed E-state index contributed by atoms with van der Waals surface area (Å²) >= 11 is 0. The number of aromatic nitrogens is 5. The first-order chi connectivity index (χ1) is 14.8. The highest BCUT2D eigenvalue weighted by atomic mass is 19.1. The Bertz CT molecular complexity index is 1250. The zero-order valence-electron chi connectivity index (χ0n) is 16.4. The molecule has 0 saturated heterocycles. The highest BCUT2D eigenvalue weighted by molar-refractivity contribution is 5.32. The van der Waals surface area contributed by atoms with Gasteiger partial charge in [-0.2, -0.15) is 5.10 Å². The van der Waals surface area contributed by atoms with E-state index >= 15 is 0 Å². The Morgan fingerprint density at radius 1 is 1.06 bits per heavy atom. The van der Waals surface area contributed by atoms with Gasteiger partial charge in [0.15, 0.2) is 0 Å². The average molecular weight is 429 g/mol. The van der Waals surface area contributed by atoms with Crippen LogP contribution in [0.4, 0.5) is 13.2 Å². The number of nitrogens with zero attached hydrogens (tertiary/aromatic N) is 5. The molecule has 4 aromatic rings. The molecular formula is C21H18F3N5O2. The summed E-state index contributed by atoms with van der Waals surface area (Å²) in [5.74, 6) is -2.20. The van der Waals surface area contributed by atoms with Crippen LogP contribution in [0.3, 0.4) is 0 Å². The molecule has 0 saturated carbocycles. The Morgan fingerprint density at radius 3 is 2.42 bits per heavy atom. The molecule has 4 rings (SSSR count). The molecule has 0 amide bonds. The summed E-state index contributed by atoms with van der Waals surface area (Å²) in [6, 6.07) is 7.16. The third-order valence-electron chi connectivity index (χ3n) is 5.28. The van der Waals surface area contributed by atoms with Crippen molar-refractivity contribution < 1.29 is 18.3 Å². The Kier molecular flexibility index (Phi) is 5.24. The van der Waals surface area contributed by atoms with Gasteiger partial charge in [-0.25, -0.2) is 27.6 Å². The van der Waals surface area contributed by atoms with Crippen molar-refractivity contribution in [2.24, 2.45) is 0 Å². The van der Waals surface area contributed by atoms with E-state index in [4.69, 9.17) is 0 Å². The van der Waals surface area contributed by atoms with Gasteiger partial charge in [0.25, 0.3) is 0 Å². The maximum atomic E-state index is 14.7. The van der Waals surface area contributed by atoms with Gasteiger partial charge >= 0.3 is 5.69 Å². The van der Waals surface area contributed by atoms with Gasteiger partial charge in [0.05, 0.1) is 18.3 Å². The van der Waals surface area contributed by atoms with E-state index in [2.05, 4.69) is 10.1 Å². The van der Waals surface area contributed by atoms with E-state index < -0.39 is 34.8 Å². The molecule has 1 N–H and O–H groups in total. The van der Waals surface area contributed by atoms with Crippen LogP contribution in [0.2, 0.25) is 0 Å². The minimum Gasteiger partial charge on any atom is -0.381 e. The number of hydrogen-bond donors (Lipinski definition) is 1. The summed E-state index contributed by atoms with van der Waals surface area (Å²) in [4.78, 5) is 16.9. The van der Waals surface area contributed by atoms with Crippen molar-refractivity contribution in [2.45, 2.75) is 25.1 Å². The SMILES string of the molecule is C[C@@H](n1ccn(-c2ccc(F)cc2)c1=O)C(O)(Cn1cncn1)c1ccc(F)cc1F. The predicted octanol–water partition coefficient (Wildman–Crippen LogP) is 2.80.